The molecule has 4 rings (SSSR count). The van der Waals surface area contributed by atoms with Crippen LogP contribution in [-0.2, 0) is 4.84 Å². The number of hydrogen-bond acceptors (Lipinski definition) is 5. The summed E-state index contributed by atoms with van der Waals surface area (Å²) in [7, 11) is 0. The van der Waals surface area contributed by atoms with Gasteiger partial charge >= 0.3 is 5.97 Å². The van der Waals surface area contributed by atoms with Crippen molar-refractivity contribution < 1.29 is 9.63 Å². The van der Waals surface area contributed by atoms with Gasteiger partial charge in [-0.2, -0.15) is 0 Å². The molecule has 1 N–H and O–H groups in total. The van der Waals surface area contributed by atoms with Crippen LogP contribution in [0.15, 0.2) is 53.9 Å². The summed E-state index contributed by atoms with van der Waals surface area (Å²) >= 11 is 1.74. The Balaban J connectivity index is 1.54. The Hall–Kier alpha value is -2.21. The number of benzene rings is 2. The summed E-state index contributed by atoms with van der Waals surface area (Å²) in [5, 5.41) is 8.31. The van der Waals surface area contributed by atoms with Gasteiger partial charge in [-0.15, -0.1) is 16.4 Å². The van der Waals surface area contributed by atoms with E-state index >= 15 is 0 Å². The maximum absolute atomic E-state index is 12.2. The number of carbonyl (C=O) groups is 1. The van der Waals surface area contributed by atoms with Crippen LogP contribution < -0.4 is 5.32 Å². The van der Waals surface area contributed by atoms with E-state index in [1.54, 1.807) is 16.4 Å². The number of hydroxylamine groups is 2. The van der Waals surface area contributed by atoms with Gasteiger partial charge in [0, 0.05) is 36.3 Å². The first kappa shape index (κ1) is 15.3. The molecule has 1 aliphatic heterocycles. The highest BCUT2D eigenvalue weighted by Crippen LogP contribution is 2.31. The van der Waals surface area contributed by atoms with Gasteiger partial charge in [-0.25, -0.2) is 4.79 Å². The molecule has 5 heteroatoms. The molecule has 4 nitrogen and oxygen atoms in total. The molecule has 2 aromatic carbocycles. The number of nitrogens with zero attached hydrogens (tertiary/aromatic N) is 1. The van der Waals surface area contributed by atoms with E-state index in [4.69, 9.17) is 4.84 Å². The maximum atomic E-state index is 12.2. The summed E-state index contributed by atoms with van der Waals surface area (Å²) < 4.78 is 1.27. The Morgan fingerprint density at radius 1 is 1.04 bits per heavy atom. The van der Waals surface area contributed by atoms with Gasteiger partial charge in [-0.05, 0) is 40.8 Å². The summed E-state index contributed by atoms with van der Waals surface area (Å²) in [5.41, 5.74) is 2.88. The second-order valence-corrected chi connectivity index (χ2v) is 6.72. The standard InChI is InChI=1S/C19H18N2O2S/c22-19(23-21-11-9-20-10-12-21)15-6-4-14(5-7-15)16-2-1-3-18-17(16)8-13-24-18/h1-8,13,20H,9-12H2. The highest BCUT2D eigenvalue weighted by molar-refractivity contribution is 7.17. The molecule has 0 aliphatic carbocycles. The fraction of sp³-hybridized carbons (Fsp3) is 0.211. The quantitative estimate of drug-likeness (QED) is 0.793. The van der Waals surface area contributed by atoms with Crippen molar-refractivity contribution in [3.8, 4) is 11.1 Å². The van der Waals surface area contributed by atoms with Crippen LogP contribution in [0.1, 0.15) is 10.4 Å². The van der Waals surface area contributed by atoms with Crippen LogP contribution in [0.25, 0.3) is 21.2 Å². The van der Waals surface area contributed by atoms with Crippen LogP contribution in [0.2, 0.25) is 0 Å². The number of fused-ring (bicyclic) bond motifs is 1. The molecule has 24 heavy (non-hydrogen) atoms. The second kappa shape index (κ2) is 6.73. The molecule has 0 bridgehead atoms. The zero-order valence-electron chi connectivity index (χ0n) is 13.2. The third-order valence-corrected chi connectivity index (χ3v) is 5.10. The van der Waals surface area contributed by atoms with Crippen LogP contribution in [0.4, 0.5) is 0 Å². The van der Waals surface area contributed by atoms with Gasteiger partial charge in [0.2, 0.25) is 0 Å². The van der Waals surface area contributed by atoms with Crippen molar-refractivity contribution >= 4 is 27.4 Å². The number of rotatable bonds is 3. The minimum absolute atomic E-state index is 0.294. The molecule has 1 fully saturated rings. The summed E-state index contributed by atoms with van der Waals surface area (Å²) in [4.78, 5) is 17.7. The van der Waals surface area contributed by atoms with Gasteiger partial charge < -0.3 is 10.2 Å². The highest BCUT2D eigenvalue weighted by Gasteiger charge is 2.16. The summed E-state index contributed by atoms with van der Waals surface area (Å²) in [6.45, 7) is 3.14. The van der Waals surface area contributed by atoms with Gasteiger partial charge in [-0.3, -0.25) is 0 Å². The zero-order valence-corrected chi connectivity index (χ0v) is 14.0. The average Bonchev–Trinajstić information content (AvgIpc) is 3.11. The predicted octanol–water partition coefficient (Wildman–Crippen LogP) is 3.55. The molecule has 0 spiro atoms. The Morgan fingerprint density at radius 3 is 2.62 bits per heavy atom. The van der Waals surface area contributed by atoms with Gasteiger partial charge in [0.1, 0.15) is 0 Å². The van der Waals surface area contributed by atoms with E-state index in [1.165, 1.54) is 15.6 Å². The van der Waals surface area contributed by atoms with Crippen LogP contribution in [0.3, 0.4) is 0 Å². The van der Waals surface area contributed by atoms with Gasteiger partial charge in [0.15, 0.2) is 0 Å². The molecule has 0 amide bonds. The lowest BCUT2D eigenvalue weighted by atomic mass is 10.0. The predicted molar refractivity (Wildman–Crippen MR) is 97.1 cm³/mol. The fourth-order valence-corrected chi connectivity index (χ4v) is 3.75. The Labute approximate surface area is 144 Å². The van der Waals surface area contributed by atoms with Gasteiger partial charge in [0.25, 0.3) is 0 Å². The van der Waals surface area contributed by atoms with Crippen LogP contribution in [0.5, 0.6) is 0 Å². The number of hydrogen-bond donors (Lipinski definition) is 1. The average molecular weight is 338 g/mol. The summed E-state index contributed by atoms with van der Waals surface area (Å²) in [5.74, 6) is -0.294. The molecule has 1 aromatic heterocycles. The van der Waals surface area contributed by atoms with Crippen LogP contribution in [0, 0.1) is 0 Å². The van der Waals surface area contributed by atoms with E-state index in [0.29, 0.717) is 5.56 Å². The SMILES string of the molecule is O=C(ON1CCNCC1)c1ccc(-c2cccc3sccc23)cc1. The molecule has 0 saturated carbocycles. The topological polar surface area (TPSA) is 41.6 Å². The number of carbonyl (C=O) groups excluding carboxylic acids is 1. The molecule has 122 valence electrons. The van der Waals surface area contributed by atoms with E-state index in [9.17, 15) is 4.79 Å². The van der Waals surface area contributed by atoms with Crippen molar-refractivity contribution in [3.63, 3.8) is 0 Å². The van der Waals surface area contributed by atoms with E-state index < -0.39 is 0 Å². The number of nitrogens with one attached hydrogen (secondary N) is 1. The maximum Gasteiger partial charge on any atom is 0.357 e. The zero-order chi connectivity index (χ0) is 16.4. The monoisotopic (exact) mass is 338 g/mol. The third kappa shape index (κ3) is 3.06. The number of thiophene rings is 1. The highest BCUT2D eigenvalue weighted by atomic mass is 32.1. The van der Waals surface area contributed by atoms with Crippen molar-refractivity contribution in [3.05, 3.63) is 59.5 Å². The van der Waals surface area contributed by atoms with E-state index in [-0.39, 0.29) is 5.97 Å². The van der Waals surface area contributed by atoms with Gasteiger partial charge in [0.05, 0.1) is 5.56 Å². The molecule has 0 atom stereocenters. The molecular formula is C19H18N2O2S. The van der Waals surface area contributed by atoms with E-state index in [0.717, 1.165) is 31.7 Å². The Morgan fingerprint density at radius 2 is 1.83 bits per heavy atom. The molecule has 0 radical (unpaired) electrons. The van der Waals surface area contributed by atoms with E-state index in [1.807, 2.05) is 24.3 Å². The molecule has 2 heterocycles. The molecular weight excluding hydrogens is 320 g/mol. The lowest BCUT2D eigenvalue weighted by molar-refractivity contribution is -0.115. The fourth-order valence-electron chi connectivity index (χ4n) is 2.94. The van der Waals surface area contributed by atoms with E-state index in [2.05, 4.69) is 35.0 Å². The Kier molecular flexibility index (Phi) is 4.30. The second-order valence-electron chi connectivity index (χ2n) is 5.77. The van der Waals surface area contributed by atoms with Crippen molar-refractivity contribution in [2.45, 2.75) is 0 Å². The first-order valence-electron chi connectivity index (χ1n) is 8.06. The molecule has 1 aliphatic rings. The van der Waals surface area contributed by atoms with Crippen molar-refractivity contribution in [2.75, 3.05) is 26.2 Å². The largest absolute Gasteiger partial charge is 0.364 e. The van der Waals surface area contributed by atoms with Gasteiger partial charge in [-0.1, -0.05) is 24.3 Å². The van der Waals surface area contributed by atoms with Crippen molar-refractivity contribution in [2.24, 2.45) is 0 Å². The minimum Gasteiger partial charge on any atom is -0.364 e. The molecule has 0 unspecified atom stereocenters. The summed E-state index contributed by atoms with van der Waals surface area (Å²) in [6.07, 6.45) is 0. The molecule has 1 saturated heterocycles. The van der Waals surface area contributed by atoms with Crippen LogP contribution >= 0.6 is 11.3 Å². The normalized spacial score (nSPS) is 15.5. The van der Waals surface area contributed by atoms with Crippen molar-refractivity contribution in [1.29, 1.82) is 0 Å². The lowest BCUT2D eigenvalue weighted by Crippen LogP contribution is -2.44. The number of piperazine rings is 1. The third-order valence-electron chi connectivity index (χ3n) is 4.22. The minimum atomic E-state index is -0.294. The lowest BCUT2D eigenvalue weighted by Gasteiger charge is -2.25. The first-order valence-corrected chi connectivity index (χ1v) is 8.94. The van der Waals surface area contributed by atoms with Crippen molar-refractivity contribution in [1.82, 2.24) is 10.4 Å². The Bertz CT molecular complexity index is 851. The molecule has 3 aromatic rings. The first-order chi connectivity index (χ1) is 11.8. The van der Waals surface area contributed by atoms with Crippen LogP contribution in [-0.4, -0.2) is 37.2 Å². The summed E-state index contributed by atoms with van der Waals surface area (Å²) in [6, 6.07) is 16.1. The smallest absolute Gasteiger partial charge is 0.357 e.